The van der Waals surface area contributed by atoms with Crippen LogP contribution in [0.2, 0.25) is 5.02 Å². The number of rotatable bonds is 6. The molecule has 3 aromatic carbocycles. The summed E-state index contributed by atoms with van der Waals surface area (Å²) >= 11 is 5.86. The number of ether oxygens (including phenoxy) is 1. The number of hydrogen-bond acceptors (Lipinski definition) is 3. The fourth-order valence-corrected chi connectivity index (χ4v) is 2.71. The molecule has 0 aromatic heterocycles. The zero-order valence-electron chi connectivity index (χ0n) is 15.6. The number of amides is 1. The summed E-state index contributed by atoms with van der Waals surface area (Å²) in [4.78, 5) is 25.0. The van der Waals surface area contributed by atoms with E-state index in [9.17, 15) is 9.59 Å². The van der Waals surface area contributed by atoms with Crippen molar-refractivity contribution in [2.45, 2.75) is 19.4 Å². The van der Waals surface area contributed by atoms with E-state index >= 15 is 0 Å². The zero-order valence-corrected chi connectivity index (χ0v) is 16.4. The van der Waals surface area contributed by atoms with E-state index in [1.165, 1.54) is 0 Å². The highest BCUT2D eigenvalue weighted by Crippen LogP contribution is 2.22. The Morgan fingerprint density at radius 1 is 0.821 bits per heavy atom. The van der Waals surface area contributed by atoms with Gasteiger partial charge in [-0.3, -0.25) is 9.59 Å². The summed E-state index contributed by atoms with van der Waals surface area (Å²) in [6, 6.07) is 22.6. The lowest BCUT2D eigenvalue weighted by molar-refractivity contribution is -0.128. The molecule has 0 saturated heterocycles. The highest BCUT2D eigenvalue weighted by Gasteiger charge is 2.30. The van der Waals surface area contributed by atoms with Gasteiger partial charge in [0.05, 0.1) is 0 Å². The van der Waals surface area contributed by atoms with Crippen LogP contribution in [0, 0.1) is 0 Å². The Labute approximate surface area is 169 Å². The molecule has 0 radical (unpaired) electrons. The maximum atomic E-state index is 12.5. The summed E-state index contributed by atoms with van der Waals surface area (Å²) in [6.45, 7) is 3.39. The number of para-hydroxylation sites is 1. The molecule has 0 saturated carbocycles. The fourth-order valence-electron chi connectivity index (χ4n) is 2.59. The molecule has 0 aliphatic rings. The van der Waals surface area contributed by atoms with Crippen LogP contribution in [0.4, 0.5) is 5.69 Å². The Morgan fingerprint density at radius 2 is 1.36 bits per heavy atom. The Hall–Kier alpha value is -3.11. The van der Waals surface area contributed by atoms with Crippen LogP contribution in [0.15, 0.2) is 78.9 Å². The molecule has 3 aromatic rings. The van der Waals surface area contributed by atoms with Gasteiger partial charge < -0.3 is 10.1 Å². The van der Waals surface area contributed by atoms with E-state index < -0.39 is 5.60 Å². The number of nitrogens with one attached hydrogen (secondary N) is 1. The standard InChI is InChI=1S/C23H20ClNO3/c1-23(2,22(27)25-19-6-4-3-5-7-19)28-20-14-10-17(11-15-20)21(26)16-8-12-18(24)13-9-16/h3-15H,1-2H3,(H,25,27). The number of carbonyl (C=O) groups is 2. The van der Waals surface area contributed by atoms with Crippen LogP contribution in [-0.4, -0.2) is 17.3 Å². The smallest absolute Gasteiger partial charge is 0.267 e. The summed E-state index contributed by atoms with van der Waals surface area (Å²) in [6.07, 6.45) is 0. The van der Waals surface area contributed by atoms with Gasteiger partial charge in [0.15, 0.2) is 11.4 Å². The van der Waals surface area contributed by atoms with E-state index in [1.54, 1.807) is 62.4 Å². The van der Waals surface area contributed by atoms with E-state index in [0.29, 0.717) is 27.6 Å². The van der Waals surface area contributed by atoms with Crippen LogP contribution in [0.3, 0.4) is 0 Å². The van der Waals surface area contributed by atoms with Crippen LogP contribution in [0.25, 0.3) is 0 Å². The molecule has 0 unspecified atom stereocenters. The van der Waals surface area contributed by atoms with Gasteiger partial charge in [-0.05, 0) is 74.5 Å². The van der Waals surface area contributed by atoms with Crippen molar-refractivity contribution in [1.29, 1.82) is 0 Å². The molecule has 0 aliphatic carbocycles. The second-order valence-corrected chi connectivity index (χ2v) is 7.23. The third-order valence-electron chi connectivity index (χ3n) is 4.17. The van der Waals surface area contributed by atoms with Crippen LogP contribution in [0.1, 0.15) is 29.8 Å². The molecule has 28 heavy (non-hydrogen) atoms. The first kappa shape index (κ1) is 19.6. The van der Waals surface area contributed by atoms with Gasteiger partial charge in [-0.1, -0.05) is 29.8 Å². The number of ketones is 1. The van der Waals surface area contributed by atoms with E-state index in [2.05, 4.69) is 5.32 Å². The number of hydrogen-bond donors (Lipinski definition) is 1. The average Bonchev–Trinajstić information content (AvgIpc) is 2.69. The summed E-state index contributed by atoms with van der Waals surface area (Å²) in [7, 11) is 0. The van der Waals surface area contributed by atoms with Crippen molar-refractivity contribution in [3.63, 3.8) is 0 Å². The van der Waals surface area contributed by atoms with E-state index in [-0.39, 0.29) is 11.7 Å². The van der Waals surface area contributed by atoms with Gasteiger partial charge in [-0.25, -0.2) is 0 Å². The fraction of sp³-hybridized carbons (Fsp3) is 0.130. The predicted molar refractivity (Wildman–Crippen MR) is 111 cm³/mol. The third kappa shape index (κ3) is 4.78. The Balaban J connectivity index is 1.68. The third-order valence-corrected chi connectivity index (χ3v) is 4.43. The second kappa shape index (κ2) is 8.28. The molecule has 0 atom stereocenters. The molecule has 0 heterocycles. The quantitative estimate of drug-likeness (QED) is 0.573. The lowest BCUT2D eigenvalue weighted by atomic mass is 10.0. The molecule has 4 nitrogen and oxygen atoms in total. The van der Waals surface area contributed by atoms with Crippen molar-refractivity contribution >= 4 is 29.0 Å². The van der Waals surface area contributed by atoms with Crippen molar-refractivity contribution in [3.05, 3.63) is 95.0 Å². The average molecular weight is 394 g/mol. The molecular weight excluding hydrogens is 374 g/mol. The maximum Gasteiger partial charge on any atom is 0.267 e. The first-order valence-corrected chi connectivity index (χ1v) is 9.19. The Morgan fingerprint density at radius 3 is 1.93 bits per heavy atom. The lowest BCUT2D eigenvalue weighted by Gasteiger charge is -2.25. The van der Waals surface area contributed by atoms with Crippen LogP contribution in [0.5, 0.6) is 5.75 Å². The summed E-state index contributed by atoms with van der Waals surface area (Å²) in [5, 5.41) is 3.41. The normalized spacial score (nSPS) is 11.0. The summed E-state index contributed by atoms with van der Waals surface area (Å²) < 4.78 is 5.85. The van der Waals surface area contributed by atoms with Crippen molar-refractivity contribution in [2.24, 2.45) is 0 Å². The molecule has 0 fully saturated rings. The van der Waals surface area contributed by atoms with Crippen LogP contribution >= 0.6 is 11.6 Å². The number of anilines is 1. The minimum atomic E-state index is -1.09. The lowest BCUT2D eigenvalue weighted by Crippen LogP contribution is -2.42. The minimum Gasteiger partial charge on any atom is -0.478 e. The van der Waals surface area contributed by atoms with Gasteiger partial charge in [-0.15, -0.1) is 0 Å². The zero-order chi connectivity index (χ0) is 20.1. The van der Waals surface area contributed by atoms with Gasteiger partial charge in [0.25, 0.3) is 5.91 Å². The highest BCUT2D eigenvalue weighted by atomic mass is 35.5. The molecule has 1 N–H and O–H groups in total. The predicted octanol–water partition coefficient (Wildman–Crippen LogP) is 5.37. The molecule has 1 amide bonds. The van der Waals surface area contributed by atoms with Crippen molar-refractivity contribution < 1.29 is 14.3 Å². The number of carbonyl (C=O) groups excluding carboxylic acids is 2. The highest BCUT2D eigenvalue weighted by molar-refractivity contribution is 6.30. The largest absolute Gasteiger partial charge is 0.478 e. The minimum absolute atomic E-state index is 0.107. The Bertz CT molecular complexity index is 965. The van der Waals surface area contributed by atoms with Gasteiger partial charge >= 0.3 is 0 Å². The molecule has 3 rings (SSSR count). The first-order valence-electron chi connectivity index (χ1n) is 8.81. The van der Waals surface area contributed by atoms with Crippen molar-refractivity contribution in [3.8, 4) is 5.75 Å². The van der Waals surface area contributed by atoms with Crippen molar-refractivity contribution in [2.75, 3.05) is 5.32 Å². The summed E-state index contributed by atoms with van der Waals surface area (Å²) in [5.41, 5.74) is 0.701. The topological polar surface area (TPSA) is 55.4 Å². The van der Waals surface area contributed by atoms with Crippen LogP contribution < -0.4 is 10.1 Å². The van der Waals surface area contributed by atoms with E-state index in [1.807, 2.05) is 30.3 Å². The molecule has 0 bridgehead atoms. The number of benzene rings is 3. The second-order valence-electron chi connectivity index (χ2n) is 6.79. The van der Waals surface area contributed by atoms with Gasteiger partial charge in [0.1, 0.15) is 5.75 Å². The Kier molecular flexibility index (Phi) is 5.81. The molecule has 142 valence electrons. The van der Waals surface area contributed by atoms with Crippen molar-refractivity contribution in [1.82, 2.24) is 0 Å². The number of halogens is 1. The first-order chi connectivity index (χ1) is 13.3. The molecular formula is C23H20ClNO3. The van der Waals surface area contributed by atoms with Crippen LogP contribution in [-0.2, 0) is 4.79 Å². The summed E-state index contributed by atoms with van der Waals surface area (Å²) in [5.74, 6) is 0.130. The van der Waals surface area contributed by atoms with Gasteiger partial charge in [0, 0.05) is 21.8 Å². The van der Waals surface area contributed by atoms with Gasteiger partial charge in [0.2, 0.25) is 0 Å². The monoisotopic (exact) mass is 393 g/mol. The molecule has 0 aliphatic heterocycles. The van der Waals surface area contributed by atoms with Gasteiger partial charge in [-0.2, -0.15) is 0 Å². The maximum absolute atomic E-state index is 12.5. The van der Waals surface area contributed by atoms with E-state index in [0.717, 1.165) is 0 Å². The molecule has 5 heteroatoms. The SMILES string of the molecule is CC(C)(Oc1ccc(C(=O)c2ccc(Cl)cc2)cc1)C(=O)Nc1ccccc1. The molecule has 0 spiro atoms. The van der Waals surface area contributed by atoms with E-state index in [4.69, 9.17) is 16.3 Å².